The van der Waals surface area contributed by atoms with Crippen LogP contribution in [0, 0.1) is 0 Å². The van der Waals surface area contributed by atoms with Crippen LogP contribution in [-0.4, -0.2) is 35.4 Å². The largest absolute Gasteiger partial charge is 0.487 e. The van der Waals surface area contributed by atoms with Crippen molar-refractivity contribution in [2.45, 2.75) is 12.7 Å². The molecule has 148 valence electrons. The maximum absolute atomic E-state index is 11.8. The van der Waals surface area contributed by atoms with E-state index in [0.29, 0.717) is 23.7 Å². The number of halogens is 1. The van der Waals surface area contributed by atoms with E-state index in [9.17, 15) is 9.90 Å². The van der Waals surface area contributed by atoms with Crippen LogP contribution >= 0.6 is 11.6 Å². The maximum atomic E-state index is 11.8. The topological polar surface area (TPSA) is 70.0 Å². The van der Waals surface area contributed by atoms with Crippen LogP contribution in [0.4, 0.5) is 5.69 Å². The minimum absolute atomic E-state index is 0.00365. The molecule has 0 spiro atoms. The molecule has 0 aromatic heterocycles. The van der Waals surface area contributed by atoms with Gasteiger partial charge in [-0.1, -0.05) is 41.9 Å². The SMILES string of the molecule is O=C(O)c1cccc(N2CC(Oc3ccc(CO)cc3)C2)c1-c1cccc(Cl)c1. The lowest BCUT2D eigenvalue weighted by Gasteiger charge is -2.41. The van der Waals surface area contributed by atoms with E-state index in [1.54, 1.807) is 24.3 Å². The van der Waals surface area contributed by atoms with Gasteiger partial charge in [0.25, 0.3) is 0 Å². The van der Waals surface area contributed by atoms with Gasteiger partial charge in [-0.3, -0.25) is 0 Å². The van der Waals surface area contributed by atoms with Crippen molar-refractivity contribution in [3.05, 3.63) is 82.9 Å². The molecule has 0 unspecified atom stereocenters. The number of hydrogen-bond acceptors (Lipinski definition) is 4. The van der Waals surface area contributed by atoms with Crippen molar-refractivity contribution in [1.29, 1.82) is 0 Å². The van der Waals surface area contributed by atoms with E-state index in [0.717, 1.165) is 22.6 Å². The zero-order chi connectivity index (χ0) is 20.4. The number of carbonyl (C=O) groups is 1. The normalized spacial score (nSPS) is 13.8. The number of carboxylic acid groups (broad SMARTS) is 1. The monoisotopic (exact) mass is 409 g/mol. The molecule has 0 bridgehead atoms. The molecular weight excluding hydrogens is 390 g/mol. The summed E-state index contributed by atoms with van der Waals surface area (Å²) in [6, 6.07) is 19.9. The molecule has 6 heteroatoms. The van der Waals surface area contributed by atoms with E-state index in [1.165, 1.54) is 0 Å². The van der Waals surface area contributed by atoms with Gasteiger partial charge < -0.3 is 19.8 Å². The summed E-state index contributed by atoms with van der Waals surface area (Å²) in [5, 5.41) is 19.4. The average molecular weight is 410 g/mol. The number of hydrogen-bond donors (Lipinski definition) is 2. The Labute approximate surface area is 173 Å². The third-order valence-electron chi connectivity index (χ3n) is 4.98. The van der Waals surface area contributed by atoms with Crippen molar-refractivity contribution >= 4 is 23.3 Å². The zero-order valence-corrected chi connectivity index (χ0v) is 16.3. The Bertz CT molecular complexity index is 1030. The van der Waals surface area contributed by atoms with Gasteiger partial charge in [-0.05, 0) is 47.5 Å². The number of rotatable bonds is 6. The Kier molecular flexibility index (Phi) is 5.43. The lowest BCUT2D eigenvalue weighted by molar-refractivity contribution is 0.0697. The van der Waals surface area contributed by atoms with E-state index < -0.39 is 5.97 Å². The molecule has 0 amide bonds. The van der Waals surface area contributed by atoms with E-state index in [4.69, 9.17) is 21.4 Å². The number of anilines is 1. The molecule has 3 aromatic carbocycles. The van der Waals surface area contributed by atoms with Crippen LogP contribution in [0.3, 0.4) is 0 Å². The number of benzene rings is 3. The van der Waals surface area contributed by atoms with Crippen molar-refractivity contribution in [3.63, 3.8) is 0 Å². The molecule has 1 aliphatic rings. The van der Waals surface area contributed by atoms with Crippen molar-refractivity contribution in [2.24, 2.45) is 0 Å². The van der Waals surface area contributed by atoms with Crippen molar-refractivity contribution in [3.8, 4) is 16.9 Å². The highest BCUT2D eigenvalue weighted by Gasteiger charge is 2.31. The molecule has 5 nitrogen and oxygen atoms in total. The number of ether oxygens (including phenoxy) is 1. The van der Waals surface area contributed by atoms with Gasteiger partial charge in [-0.2, -0.15) is 0 Å². The fraction of sp³-hybridized carbons (Fsp3) is 0.174. The minimum Gasteiger partial charge on any atom is -0.487 e. The molecule has 1 saturated heterocycles. The quantitative estimate of drug-likeness (QED) is 0.628. The predicted molar refractivity (Wildman–Crippen MR) is 113 cm³/mol. The highest BCUT2D eigenvalue weighted by Crippen LogP contribution is 2.37. The van der Waals surface area contributed by atoms with Crippen LogP contribution in [-0.2, 0) is 6.61 Å². The number of nitrogens with zero attached hydrogens (tertiary/aromatic N) is 1. The Morgan fingerprint density at radius 2 is 1.79 bits per heavy atom. The predicted octanol–water partition coefficient (Wildman–Crippen LogP) is 4.47. The second kappa shape index (κ2) is 8.15. The first-order valence-corrected chi connectivity index (χ1v) is 9.66. The van der Waals surface area contributed by atoms with E-state index in [-0.39, 0.29) is 18.3 Å². The molecule has 1 aliphatic heterocycles. The molecule has 4 rings (SSSR count). The smallest absolute Gasteiger partial charge is 0.336 e. The Morgan fingerprint density at radius 3 is 2.45 bits per heavy atom. The van der Waals surface area contributed by atoms with Crippen LogP contribution in [0.2, 0.25) is 5.02 Å². The first-order chi connectivity index (χ1) is 14.0. The molecule has 0 aliphatic carbocycles. The number of aliphatic hydroxyl groups excluding tert-OH is 1. The van der Waals surface area contributed by atoms with Crippen LogP contribution < -0.4 is 9.64 Å². The summed E-state index contributed by atoms with van der Waals surface area (Å²) in [6.07, 6.45) is 0.00988. The minimum atomic E-state index is -0.973. The molecule has 3 aromatic rings. The fourth-order valence-electron chi connectivity index (χ4n) is 3.50. The second-order valence-electron chi connectivity index (χ2n) is 6.96. The Balaban J connectivity index is 1.56. The molecule has 29 heavy (non-hydrogen) atoms. The summed E-state index contributed by atoms with van der Waals surface area (Å²) in [6.45, 7) is 1.31. The van der Waals surface area contributed by atoms with Gasteiger partial charge in [0.1, 0.15) is 11.9 Å². The summed E-state index contributed by atoms with van der Waals surface area (Å²) in [7, 11) is 0. The van der Waals surface area contributed by atoms with Crippen molar-refractivity contribution in [1.82, 2.24) is 0 Å². The second-order valence-corrected chi connectivity index (χ2v) is 7.40. The van der Waals surface area contributed by atoms with Crippen molar-refractivity contribution < 1.29 is 19.7 Å². The van der Waals surface area contributed by atoms with Gasteiger partial charge in [0, 0.05) is 16.3 Å². The van der Waals surface area contributed by atoms with Gasteiger partial charge in [0.05, 0.1) is 25.3 Å². The van der Waals surface area contributed by atoms with Crippen LogP contribution in [0.15, 0.2) is 66.7 Å². The highest BCUT2D eigenvalue weighted by molar-refractivity contribution is 6.31. The first-order valence-electron chi connectivity index (χ1n) is 9.29. The van der Waals surface area contributed by atoms with Gasteiger partial charge in [0.15, 0.2) is 0 Å². The highest BCUT2D eigenvalue weighted by atomic mass is 35.5. The fourth-order valence-corrected chi connectivity index (χ4v) is 3.69. The summed E-state index contributed by atoms with van der Waals surface area (Å²) in [5.41, 5.74) is 3.36. The number of carboxylic acids is 1. The lowest BCUT2D eigenvalue weighted by Crippen LogP contribution is -2.54. The van der Waals surface area contributed by atoms with Gasteiger partial charge >= 0.3 is 5.97 Å². The summed E-state index contributed by atoms with van der Waals surface area (Å²) in [4.78, 5) is 13.9. The lowest BCUT2D eigenvalue weighted by atomic mass is 9.95. The molecular formula is C23H20ClNO4. The van der Waals surface area contributed by atoms with Crippen LogP contribution in [0.1, 0.15) is 15.9 Å². The molecule has 2 N–H and O–H groups in total. The standard InChI is InChI=1S/C23H20ClNO4/c24-17-4-1-3-16(11-17)22-20(23(27)28)5-2-6-21(22)25-12-19(13-25)29-18-9-7-15(14-26)8-10-18/h1-11,19,26H,12-14H2,(H,27,28). The zero-order valence-electron chi connectivity index (χ0n) is 15.6. The first kappa shape index (κ1) is 19.3. The Hall–Kier alpha value is -3.02. The Morgan fingerprint density at radius 1 is 1.07 bits per heavy atom. The molecule has 1 fully saturated rings. The number of aliphatic hydroxyl groups is 1. The van der Waals surface area contributed by atoms with Crippen LogP contribution in [0.5, 0.6) is 5.75 Å². The molecule has 0 radical (unpaired) electrons. The summed E-state index contributed by atoms with van der Waals surface area (Å²) < 4.78 is 5.98. The summed E-state index contributed by atoms with van der Waals surface area (Å²) in [5.74, 6) is -0.222. The van der Waals surface area contributed by atoms with E-state index in [2.05, 4.69) is 4.90 Å². The van der Waals surface area contributed by atoms with E-state index >= 15 is 0 Å². The number of aromatic carboxylic acids is 1. The molecule has 1 heterocycles. The van der Waals surface area contributed by atoms with Crippen molar-refractivity contribution in [2.75, 3.05) is 18.0 Å². The van der Waals surface area contributed by atoms with Gasteiger partial charge in [-0.25, -0.2) is 4.79 Å². The van der Waals surface area contributed by atoms with Gasteiger partial charge in [-0.15, -0.1) is 0 Å². The van der Waals surface area contributed by atoms with Gasteiger partial charge in [0.2, 0.25) is 0 Å². The van der Waals surface area contributed by atoms with E-state index in [1.807, 2.05) is 42.5 Å². The molecule has 0 saturated carbocycles. The average Bonchev–Trinajstić information content (AvgIpc) is 2.70. The van der Waals surface area contributed by atoms with Crippen LogP contribution in [0.25, 0.3) is 11.1 Å². The third-order valence-corrected chi connectivity index (χ3v) is 5.22. The third kappa shape index (κ3) is 4.06. The summed E-state index contributed by atoms with van der Waals surface area (Å²) >= 11 is 6.14. The maximum Gasteiger partial charge on any atom is 0.336 e. The molecule has 0 atom stereocenters.